The number of methoxy groups -OCH3 is 1. The van der Waals surface area contributed by atoms with Gasteiger partial charge < -0.3 is 29.7 Å². The average molecular weight is 502 g/mol. The molecule has 0 spiro atoms. The lowest BCUT2D eigenvalue weighted by Crippen LogP contribution is -2.45. The first-order valence-electron chi connectivity index (χ1n) is 12.0. The van der Waals surface area contributed by atoms with E-state index in [0.717, 1.165) is 6.42 Å². The Morgan fingerprint density at radius 1 is 1.22 bits per heavy atom. The highest BCUT2D eigenvalue weighted by molar-refractivity contribution is 6.05. The molecular formula is C24H31N5O7. The van der Waals surface area contributed by atoms with Gasteiger partial charge in [-0.1, -0.05) is 13.3 Å². The number of fused-ring (bicyclic) bond motifs is 1. The van der Waals surface area contributed by atoms with Gasteiger partial charge in [-0.25, -0.2) is 4.79 Å². The van der Waals surface area contributed by atoms with E-state index in [1.54, 1.807) is 18.2 Å². The molecule has 0 bridgehead atoms. The van der Waals surface area contributed by atoms with E-state index in [1.807, 2.05) is 6.92 Å². The van der Waals surface area contributed by atoms with Gasteiger partial charge in [-0.05, 0) is 18.6 Å². The molecule has 0 radical (unpaired) electrons. The Morgan fingerprint density at radius 3 is 2.69 bits per heavy atom. The van der Waals surface area contributed by atoms with Gasteiger partial charge in [-0.2, -0.15) is 0 Å². The van der Waals surface area contributed by atoms with Crippen LogP contribution in [-0.2, 0) is 20.9 Å². The van der Waals surface area contributed by atoms with Crippen molar-refractivity contribution in [1.82, 2.24) is 9.55 Å². The molecule has 3 heterocycles. The quantitative estimate of drug-likeness (QED) is 0.511. The molecule has 4 rings (SSSR count). The van der Waals surface area contributed by atoms with Crippen LogP contribution in [0.4, 0.5) is 17.2 Å². The summed E-state index contributed by atoms with van der Waals surface area (Å²) in [7, 11) is 1.47. The van der Waals surface area contributed by atoms with Gasteiger partial charge in [0.2, 0.25) is 11.8 Å². The second kappa shape index (κ2) is 10.9. The molecule has 194 valence electrons. The van der Waals surface area contributed by atoms with Crippen molar-refractivity contribution < 1.29 is 23.8 Å². The van der Waals surface area contributed by atoms with E-state index in [-0.39, 0.29) is 43.5 Å². The Kier molecular flexibility index (Phi) is 7.63. The third kappa shape index (κ3) is 4.94. The summed E-state index contributed by atoms with van der Waals surface area (Å²) in [5, 5.41) is 0. The van der Waals surface area contributed by atoms with E-state index in [2.05, 4.69) is 4.98 Å². The fourth-order valence-corrected chi connectivity index (χ4v) is 4.43. The minimum absolute atomic E-state index is 0.0311. The third-order valence-corrected chi connectivity index (χ3v) is 6.32. The first-order chi connectivity index (χ1) is 17.3. The van der Waals surface area contributed by atoms with Gasteiger partial charge in [0.15, 0.2) is 17.2 Å². The van der Waals surface area contributed by atoms with Crippen LogP contribution in [0.1, 0.15) is 26.2 Å². The number of H-pyrrole nitrogens is 1. The number of benzene rings is 1. The minimum Gasteiger partial charge on any atom is -0.486 e. The molecule has 3 N–H and O–H groups in total. The van der Waals surface area contributed by atoms with Crippen molar-refractivity contribution >= 4 is 29.0 Å². The van der Waals surface area contributed by atoms with Gasteiger partial charge in [-0.3, -0.25) is 23.9 Å². The molecule has 0 aliphatic carbocycles. The SMILES string of the molecule is CCCCn1c(N)c(N(CCOC)C(=O)C2CC(=O)N(c3ccc4c(c3)OCCO4)C2)c(=O)[nH]c1=O. The van der Waals surface area contributed by atoms with Crippen LogP contribution in [0.15, 0.2) is 27.8 Å². The maximum Gasteiger partial charge on any atom is 0.330 e. The number of nitrogens with two attached hydrogens (primary N) is 1. The zero-order chi connectivity index (χ0) is 25.8. The summed E-state index contributed by atoms with van der Waals surface area (Å²) in [4.78, 5) is 56.8. The Labute approximate surface area is 207 Å². The van der Waals surface area contributed by atoms with Gasteiger partial charge in [0.1, 0.15) is 19.0 Å². The molecule has 1 atom stereocenters. The van der Waals surface area contributed by atoms with Crippen LogP contribution < -0.4 is 36.3 Å². The van der Waals surface area contributed by atoms with Crippen LogP contribution in [0.5, 0.6) is 11.5 Å². The number of hydrogen-bond acceptors (Lipinski definition) is 8. The molecule has 1 fully saturated rings. The number of hydrogen-bond donors (Lipinski definition) is 2. The Hall–Kier alpha value is -3.80. The molecule has 12 heteroatoms. The largest absolute Gasteiger partial charge is 0.486 e. The predicted octanol–water partition coefficient (Wildman–Crippen LogP) is 0.723. The Bertz CT molecular complexity index is 1250. The number of nitrogens with one attached hydrogen (secondary N) is 1. The van der Waals surface area contributed by atoms with Crippen LogP contribution >= 0.6 is 0 Å². The highest BCUT2D eigenvalue weighted by Crippen LogP contribution is 2.36. The summed E-state index contributed by atoms with van der Waals surface area (Å²) in [6, 6.07) is 5.19. The highest BCUT2D eigenvalue weighted by atomic mass is 16.6. The summed E-state index contributed by atoms with van der Waals surface area (Å²) in [6.07, 6.45) is 1.44. The molecule has 36 heavy (non-hydrogen) atoms. The predicted molar refractivity (Wildman–Crippen MR) is 133 cm³/mol. The molecule has 1 aromatic carbocycles. The molecular weight excluding hydrogens is 470 g/mol. The molecule has 2 aliphatic rings. The zero-order valence-corrected chi connectivity index (χ0v) is 20.5. The van der Waals surface area contributed by atoms with Crippen LogP contribution in [0.3, 0.4) is 0 Å². The van der Waals surface area contributed by atoms with Crippen LogP contribution in [0.2, 0.25) is 0 Å². The lowest BCUT2D eigenvalue weighted by Gasteiger charge is -2.27. The lowest BCUT2D eigenvalue weighted by atomic mass is 10.1. The number of aromatic nitrogens is 2. The van der Waals surface area contributed by atoms with Crippen LogP contribution in [0, 0.1) is 5.92 Å². The second-order valence-corrected chi connectivity index (χ2v) is 8.71. The number of unbranched alkanes of at least 4 members (excludes halogenated alkanes) is 1. The fraction of sp³-hybridized carbons (Fsp3) is 0.500. The van der Waals surface area contributed by atoms with E-state index in [9.17, 15) is 19.2 Å². The summed E-state index contributed by atoms with van der Waals surface area (Å²) < 4.78 is 17.6. The van der Waals surface area contributed by atoms with Crippen molar-refractivity contribution in [3.63, 3.8) is 0 Å². The maximum absolute atomic E-state index is 13.7. The molecule has 2 amide bonds. The molecule has 2 aromatic rings. The van der Waals surface area contributed by atoms with Crippen molar-refractivity contribution in [2.75, 3.05) is 55.6 Å². The van der Waals surface area contributed by atoms with E-state index in [0.29, 0.717) is 43.4 Å². The van der Waals surface area contributed by atoms with Gasteiger partial charge in [-0.15, -0.1) is 0 Å². The first kappa shape index (κ1) is 25.3. The van der Waals surface area contributed by atoms with Crippen LogP contribution in [-0.4, -0.2) is 61.4 Å². The van der Waals surface area contributed by atoms with E-state index < -0.39 is 23.1 Å². The fourth-order valence-electron chi connectivity index (χ4n) is 4.43. The first-order valence-corrected chi connectivity index (χ1v) is 12.0. The second-order valence-electron chi connectivity index (χ2n) is 8.71. The lowest BCUT2D eigenvalue weighted by molar-refractivity contribution is -0.124. The summed E-state index contributed by atoms with van der Waals surface area (Å²) in [6.45, 7) is 3.42. The number of nitrogen functional groups attached to an aromatic ring is 1. The van der Waals surface area contributed by atoms with Gasteiger partial charge in [0.25, 0.3) is 5.56 Å². The van der Waals surface area contributed by atoms with Gasteiger partial charge in [0, 0.05) is 44.9 Å². The van der Waals surface area contributed by atoms with Gasteiger partial charge in [0.05, 0.1) is 12.5 Å². The van der Waals surface area contributed by atoms with E-state index in [4.69, 9.17) is 19.9 Å². The summed E-state index contributed by atoms with van der Waals surface area (Å²) >= 11 is 0. The van der Waals surface area contributed by atoms with Crippen LogP contribution in [0.25, 0.3) is 0 Å². The number of carbonyl (C=O) groups is 2. The smallest absolute Gasteiger partial charge is 0.330 e. The molecule has 1 unspecified atom stereocenters. The van der Waals surface area contributed by atoms with E-state index in [1.165, 1.54) is 21.5 Å². The van der Waals surface area contributed by atoms with Crippen molar-refractivity contribution in [2.45, 2.75) is 32.7 Å². The third-order valence-electron chi connectivity index (χ3n) is 6.32. The molecule has 2 aliphatic heterocycles. The summed E-state index contributed by atoms with van der Waals surface area (Å²) in [5.41, 5.74) is 5.34. The normalized spacial score (nSPS) is 16.9. The monoisotopic (exact) mass is 501 g/mol. The Morgan fingerprint density at radius 2 is 1.97 bits per heavy atom. The average Bonchev–Trinajstić information content (AvgIpc) is 3.26. The minimum atomic E-state index is -0.761. The molecule has 12 nitrogen and oxygen atoms in total. The van der Waals surface area contributed by atoms with Crippen molar-refractivity contribution in [1.29, 1.82) is 0 Å². The number of ether oxygens (including phenoxy) is 3. The van der Waals surface area contributed by atoms with Crippen molar-refractivity contribution in [3.05, 3.63) is 39.0 Å². The number of anilines is 3. The number of amides is 2. The number of carbonyl (C=O) groups excluding carboxylic acids is 2. The standard InChI is InChI=1S/C24H31N5O7/c1-3-4-7-28-21(25)20(22(31)26-24(28)33)27(8-9-34-2)23(32)15-12-19(30)29(14-15)16-5-6-17-18(13-16)36-11-10-35-17/h5-6,13,15H,3-4,7-12,14,25H2,1-2H3,(H,26,31,33). The zero-order valence-electron chi connectivity index (χ0n) is 20.5. The van der Waals surface area contributed by atoms with Crippen molar-refractivity contribution in [2.24, 2.45) is 5.92 Å². The maximum atomic E-state index is 13.7. The molecule has 0 saturated carbocycles. The number of nitrogens with zero attached hydrogens (tertiary/aromatic N) is 3. The number of aromatic amines is 1. The van der Waals surface area contributed by atoms with Gasteiger partial charge >= 0.3 is 5.69 Å². The molecule has 1 aromatic heterocycles. The Balaban J connectivity index is 1.63. The topological polar surface area (TPSA) is 149 Å². The highest BCUT2D eigenvalue weighted by Gasteiger charge is 2.39. The van der Waals surface area contributed by atoms with E-state index >= 15 is 0 Å². The van der Waals surface area contributed by atoms with Crippen molar-refractivity contribution in [3.8, 4) is 11.5 Å². The molecule has 1 saturated heterocycles. The summed E-state index contributed by atoms with van der Waals surface area (Å²) in [5.74, 6) is -0.350. The number of rotatable bonds is 9.